The molecule has 2 aromatic carbocycles. The van der Waals surface area contributed by atoms with E-state index in [1.165, 1.54) is 12.1 Å². The molecule has 44 heavy (non-hydrogen) atoms. The smallest absolute Gasteiger partial charge is 0.408 e. The van der Waals surface area contributed by atoms with Crippen LogP contribution in [0.3, 0.4) is 0 Å². The Morgan fingerprint density at radius 3 is 2.00 bits per heavy atom. The summed E-state index contributed by atoms with van der Waals surface area (Å²) in [6.07, 6.45) is 5.61. The molecule has 0 aromatic heterocycles. The van der Waals surface area contributed by atoms with Crippen molar-refractivity contribution in [2.24, 2.45) is 5.92 Å². The van der Waals surface area contributed by atoms with E-state index in [2.05, 4.69) is 16.7 Å². The lowest BCUT2D eigenvalue weighted by Crippen LogP contribution is -2.55. The number of rotatable bonds is 11. The zero-order chi connectivity index (χ0) is 33.2. The first-order valence-electron chi connectivity index (χ1n) is 14.6. The third kappa shape index (κ3) is 10.6. The van der Waals surface area contributed by atoms with Crippen molar-refractivity contribution in [1.29, 1.82) is 0 Å². The second-order valence-corrected chi connectivity index (χ2v) is 12.6. The molecule has 0 fully saturated rings. The molecule has 10 heteroatoms. The summed E-state index contributed by atoms with van der Waals surface area (Å²) in [5.41, 5.74) is -0.886. The molecule has 0 radical (unpaired) electrons. The molecule has 238 valence electrons. The van der Waals surface area contributed by atoms with Gasteiger partial charge in [0.15, 0.2) is 6.04 Å². The number of alkyl carbamates (subject to hydrolysis) is 1. The highest BCUT2D eigenvalue weighted by Gasteiger charge is 2.40. The summed E-state index contributed by atoms with van der Waals surface area (Å²) in [5, 5.41) is 16.1. The van der Waals surface area contributed by atoms with E-state index in [9.17, 15) is 24.3 Å². The van der Waals surface area contributed by atoms with E-state index in [4.69, 9.17) is 15.9 Å². The van der Waals surface area contributed by atoms with Crippen LogP contribution in [0.2, 0.25) is 0 Å². The van der Waals surface area contributed by atoms with Gasteiger partial charge in [0.05, 0.1) is 0 Å². The highest BCUT2D eigenvalue weighted by Crippen LogP contribution is 2.30. The van der Waals surface area contributed by atoms with Crippen molar-refractivity contribution in [3.63, 3.8) is 0 Å². The number of carbonyl (C=O) groups excluding carboxylic acids is 4. The van der Waals surface area contributed by atoms with Crippen molar-refractivity contribution in [3.05, 3.63) is 65.7 Å². The summed E-state index contributed by atoms with van der Waals surface area (Å²) in [4.78, 5) is 55.0. The van der Waals surface area contributed by atoms with Gasteiger partial charge in [-0.25, -0.2) is 9.59 Å². The SMILES string of the molecule is C#CN(C(=O)C(NC(=O)OC(C)(C)C)C(C)CC)C(C(=O)NC(Cc1ccccc1)C(=O)OC(C)(C)C)c1ccccc1O. The van der Waals surface area contributed by atoms with Crippen LogP contribution in [0.1, 0.15) is 79.0 Å². The van der Waals surface area contributed by atoms with Crippen LogP contribution in [0.25, 0.3) is 0 Å². The van der Waals surface area contributed by atoms with Crippen LogP contribution < -0.4 is 10.6 Å². The van der Waals surface area contributed by atoms with Gasteiger partial charge in [-0.15, -0.1) is 0 Å². The second-order valence-electron chi connectivity index (χ2n) is 12.6. The number of ether oxygens (including phenoxy) is 2. The van der Waals surface area contributed by atoms with Crippen molar-refractivity contribution >= 4 is 23.9 Å². The summed E-state index contributed by atoms with van der Waals surface area (Å²) in [7, 11) is 0. The van der Waals surface area contributed by atoms with E-state index in [0.717, 1.165) is 10.5 Å². The maximum absolute atomic E-state index is 14.1. The van der Waals surface area contributed by atoms with Crippen molar-refractivity contribution in [1.82, 2.24) is 15.5 Å². The van der Waals surface area contributed by atoms with Gasteiger partial charge in [-0.1, -0.05) is 75.2 Å². The highest BCUT2D eigenvalue weighted by molar-refractivity contribution is 5.95. The number of phenols is 1. The molecular weight excluding hydrogens is 562 g/mol. The lowest BCUT2D eigenvalue weighted by molar-refractivity contribution is -0.159. The Hall–Kier alpha value is -4.52. The molecule has 0 heterocycles. The van der Waals surface area contributed by atoms with E-state index >= 15 is 0 Å². The van der Waals surface area contributed by atoms with Gasteiger partial charge in [0.25, 0.3) is 5.91 Å². The fourth-order valence-corrected chi connectivity index (χ4v) is 4.32. The van der Waals surface area contributed by atoms with Crippen molar-refractivity contribution in [3.8, 4) is 18.2 Å². The number of amides is 3. The van der Waals surface area contributed by atoms with Crippen LogP contribution in [0, 0.1) is 18.4 Å². The second kappa shape index (κ2) is 15.3. The Morgan fingerprint density at radius 2 is 1.48 bits per heavy atom. The third-order valence-corrected chi connectivity index (χ3v) is 6.56. The number of nitrogens with one attached hydrogen (secondary N) is 2. The van der Waals surface area contributed by atoms with Gasteiger partial charge >= 0.3 is 12.1 Å². The normalized spacial score (nSPS) is 14.2. The molecule has 4 unspecified atom stereocenters. The van der Waals surface area contributed by atoms with E-state index in [-0.39, 0.29) is 17.7 Å². The molecule has 0 aliphatic rings. The van der Waals surface area contributed by atoms with Crippen LogP contribution in [0.15, 0.2) is 54.6 Å². The monoisotopic (exact) mass is 607 g/mol. The number of carbonyl (C=O) groups is 4. The minimum absolute atomic E-state index is 0.0270. The largest absolute Gasteiger partial charge is 0.508 e. The number of aromatic hydroxyl groups is 1. The van der Waals surface area contributed by atoms with Gasteiger partial charge in [0.1, 0.15) is 29.0 Å². The Bertz CT molecular complexity index is 1340. The molecule has 0 aliphatic heterocycles. The Kier molecular flexibility index (Phi) is 12.4. The quantitative estimate of drug-likeness (QED) is 0.189. The third-order valence-electron chi connectivity index (χ3n) is 6.56. The fourth-order valence-electron chi connectivity index (χ4n) is 4.32. The van der Waals surface area contributed by atoms with Crippen LogP contribution >= 0.6 is 0 Å². The lowest BCUT2D eigenvalue weighted by Gasteiger charge is -2.33. The lowest BCUT2D eigenvalue weighted by atomic mass is 9.95. The molecular formula is C34H45N3O7. The van der Waals surface area contributed by atoms with Crippen LogP contribution in [-0.4, -0.2) is 57.2 Å². The maximum atomic E-state index is 14.1. The van der Waals surface area contributed by atoms with E-state index in [0.29, 0.717) is 6.42 Å². The van der Waals surface area contributed by atoms with Gasteiger partial charge in [0.2, 0.25) is 5.91 Å². The Labute approximate surface area is 260 Å². The first-order valence-corrected chi connectivity index (χ1v) is 14.6. The van der Waals surface area contributed by atoms with Crippen molar-refractivity contribution in [2.45, 2.75) is 97.6 Å². The molecule has 0 bridgehead atoms. The zero-order valence-electron chi connectivity index (χ0n) is 26.8. The number of esters is 1. The summed E-state index contributed by atoms with van der Waals surface area (Å²) in [6, 6.07) is 13.4. The molecule has 10 nitrogen and oxygen atoms in total. The summed E-state index contributed by atoms with van der Waals surface area (Å²) >= 11 is 0. The van der Waals surface area contributed by atoms with Crippen LogP contribution in [-0.2, 0) is 30.3 Å². The average molecular weight is 608 g/mol. The van der Waals surface area contributed by atoms with Gasteiger partial charge < -0.3 is 25.2 Å². The molecule has 0 aliphatic carbocycles. The molecule has 2 aromatic rings. The first kappa shape index (κ1) is 35.7. The van der Waals surface area contributed by atoms with E-state index in [1.807, 2.05) is 13.0 Å². The van der Waals surface area contributed by atoms with Crippen LogP contribution in [0.5, 0.6) is 5.75 Å². The Balaban J connectivity index is 2.56. The number of benzene rings is 2. The van der Waals surface area contributed by atoms with E-state index in [1.54, 1.807) is 84.9 Å². The molecule has 2 rings (SSSR count). The number of nitrogens with zero attached hydrogens (tertiary/aromatic N) is 1. The van der Waals surface area contributed by atoms with Gasteiger partial charge in [-0.05, 0) is 59.1 Å². The summed E-state index contributed by atoms with van der Waals surface area (Å²) in [5.74, 6) is -2.99. The fraction of sp³-hybridized carbons (Fsp3) is 0.471. The first-order chi connectivity index (χ1) is 20.5. The standard InChI is InChI=1S/C34H45N3O7/c1-10-22(3)27(36-32(42)44-34(7,8)9)30(40)37(11-2)28(24-19-15-16-20-26(24)38)29(39)35-25(31(41)43-33(4,5)6)21-23-17-13-12-14-18-23/h2,12-20,22,25,27-28,38H,10,21H2,1,3-9H3,(H,35,39)(H,36,42). The molecule has 0 spiro atoms. The van der Waals surface area contributed by atoms with Gasteiger partial charge in [-0.3, -0.25) is 14.5 Å². The predicted octanol–water partition coefficient (Wildman–Crippen LogP) is 4.86. The number of hydrogen-bond acceptors (Lipinski definition) is 7. The average Bonchev–Trinajstić information content (AvgIpc) is 2.92. The van der Waals surface area contributed by atoms with E-state index < -0.39 is 59.1 Å². The number of terminal acetylenes is 1. The number of para-hydroxylation sites is 1. The van der Waals surface area contributed by atoms with Gasteiger partial charge in [0, 0.05) is 18.0 Å². The topological polar surface area (TPSA) is 134 Å². The summed E-state index contributed by atoms with van der Waals surface area (Å²) in [6.45, 7) is 13.8. The molecule has 4 atom stereocenters. The molecule has 3 N–H and O–H groups in total. The maximum Gasteiger partial charge on any atom is 0.408 e. The predicted molar refractivity (Wildman–Crippen MR) is 167 cm³/mol. The number of phenolic OH excluding ortho intramolecular Hbond substituents is 1. The highest BCUT2D eigenvalue weighted by atomic mass is 16.6. The molecule has 0 saturated carbocycles. The van der Waals surface area contributed by atoms with Gasteiger partial charge in [-0.2, -0.15) is 0 Å². The van der Waals surface area contributed by atoms with Crippen molar-refractivity contribution < 1.29 is 33.8 Å². The van der Waals surface area contributed by atoms with Crippen molar-refractivity contribution in [2.75, 3.05) is 0 Å². The molecule has 0 saturated heterocycles. The minimum atomic E-state index is -1.57. The summed E-state index contributed by atoms with van der Waals surface area (Å²) < 4.78 is 11.0. The Morgan fingerprint density at radius 1 is 0.909 bits per heavy atom. The molecule has 3 amide bonds. The van der Waals surface area contributed by atoms with Crippen LogP contribution in [0.4, 0.5) is 4.79 Å². The zero-order valence-corrected chi connectivity index (χ0v) is 26.8. The number of hydrogen-bond donors (Lipinski definition) is 3. The minimum Gasteiger partial charge on any atom is -0.508 e.